The van der Waals surface area contributed by atoms with Gasteiger partial charge in [0.25, 0.3) is 0 Å². The van der Waals surface area contributed by atoms with E-state index in [0.29, 0.717) is 12.0 Å². The van der Waals surface area contributed by atoms with Gasteiger partial charge in [-0.2, -0.15) is 0 Å². The lowest BCUT2D eigenvalue weighted by Gasteiger charge is -2.01. The SMILES string of the molecule is CCCCC/C=C\C/C=C\C/C=C\C/C=C\CCCC(=O)CNC(=O)/C=C\c1ccccc1O. The molecule has 34 heavy (non-hydrogen) atoms. The van der Waals surface area contributed by atoms with Crippen LogP contribution in [0.5, 0.6) is 5.75 Å². The predicted octanol–water partition coefficient (Wildman–Crippen LogP) is 7.24. The van der Waals surface area contributed by atoms with Crippen molar-refractivity contribution in [2.45, 2.75) is 71.1 Å². The highest BCUT2D eigenvalue weighted by atomic mass is 16.3. The van der Waals surface area contributed by atoms with Crippen LogP contribution in [0.1, 0.15) is 76.7 Å². The molecule has 0 spiro atoms. The van der Waals surface area contributed by atoms with E-state index in [1.54, 1.807) is 24.3 Å². The van der Waals surface area contributed by atoms with Gasteiger partial charge in [-0.1, -0.05) is 86.6 Å². The number of carbonyl (C=O) groups excluding carboxylic acids is 2. The Morgan fingerprint density at radius 3 is 2.03 bits per heavy atom. The Morgan fingerprint density at radius 2 is 1.41 bits per heavy atom. The first-order valence-corrected chi connectivity index (χ1v) is 12.5. The van der Waals surface area contributed by atoms with Crippen molar-refractivity contribution in [3.8, 4) is 5.75 Å². The van der Waals surface area contributed by atoms with Gasteiger partial charge in [0.1, 0.15) is 5.75 Å². The first kappa shape index (κ1) is 28.9. The summed E-state index contributed by atoms with van der Waals surface area (Å²) in [6.45, 7) is 2.25. The lowest BCUT2D eigenvalue weighted by molar-refractivity contribution is -0.122. The number of allylic oxidation sites excluding steroid dienone is 8. The molecule has 0 saturated heterocycles. The second kappa shape index (κ2) is 20.5. The molecule has 4 nitrogen and oxygen atoms in total. The molecule has 0 atom stereocenters. The quantitative estimate of drug-likeness (QED) is 0.137. The molecular formula is C30H41NO3. The standard InChI is InChI=1S/C30H41NO3/c1-2-3-4-5-6-7-8-9-10-11-12-13-14-15-16-17-18-22-28(32)26-31-30(34)25-24-27-21-19-20-23-29(27)33/h6-7,9-10,12-13,15-16,19-21,23-25,33H,2-5,8,11,14,17-18,22,26H2,1H3,(H,31,34)/b7-6-,10-9-,13-12-,16-15-,25-24-. The molecule has 0 fully saturated rings. The molecule has 4 heteroatoms. The molecule has 0 saturated carbocycles. The number of phenols is 1. The van der Waals surface area contributed by atoms with Crippen molar-refractivity contribution >= 4 is 17.8 Å². The number of hydrogen-bond acceptors (Lipinski definition) is 3. The van der Waals surface area contributed by atoms with Crippen LogP contribution in [0.15, 0.2) is 78.9 Å². The number of para-hydroxylation sites is 1. The highest BCUT2D eigenvalue weighted by molar-refractivity contribution is 5.94. The molecule has 0 aliphatic rings. The van der Waals surface area contributed by atoms with Gasteiger partial charge in [-0.25, -0.2) is 0 Å². The Hall–Kier alpha value is -3.14. The molecule has 1 aromatic carbocycles. The summed E-state index contributed by atoms with van der Waals surface area (Å²) in [6, 6.07) is 6.76. The van der Waals surface area contributed by atoms with Crippen molar-refractivity contribution in [2.75, 3.05) is 6.54 Å². The van der Waals surface area contributed by atoms with Gasteiger partial charge in [0.05, 0.1) is 6.54 Å². The number of hydrogen-bond donors (Lipinski definition) is 2. The smallest absolute Gasteiger partial charge is 0.244 e. The number of Topliss-reactive ketones (excluding diaryl/α,β-unsaturated/α-hetero) is 1. The summed E-state index contributed by atoms with van der Waals surface area (Å²) in [5.74, 6) is -0.225. The second-order valence-electron chi connectivity index (χ2n) is 8.13. The Morgan fingerprint density at radius 1 is 0.824 bits per heavy atom. The summed E-state index contributed by atoms with van der Waals surface area (Å²) in [5, 5.41) is 12.3. The fraction of sp³-hybridized carbons (Fsp3) is 0.400. The Labute approximate surface area is 205 Å². The summed E-state index contributed by atoms with van der Waals surface area (Å²) in [5.41, 5.74) is 0.558. The highest BCUT2D eigenvalue weighted by Gasteiger charge is 2.03. The van der Waals surface area contributed by atoms with E-state index in [1.165, 1.54) is 37.8 Å². The van der Waals surface area contributed by atoms with E-state index in [1.807, 2.05) is 0 Å². The first-order chi connectivity index (χ1) is 16.6. The molecule has 1 rings (SSSR count). The van der Waals surface area contributed by atoms with Crippen LogP contribution in [0.25, 0.3) is 6.08 Å². The third kappa shape index (κ3) is 16.5. The molecular weight excluding hydrogens is 422 g/mol. The second-order valence-corrected chi connectivity index (χ2v) is 8.13. The molecule has 0 aliphatic heterocycles. The number of amides is 1. The van der Waals surface area contributed by atoms with Crippen LogP contribution in [-0.4, -0.2) is 23.3 Å². The zero-order chi connectivity index (χ0) is 24.7. The molecule has 2 N–H and O–H groups in total. The lowest BCUT2D eigenvalue weighted by Crippen LogP contribution is -2.27. The fourth-order valence-electron chi connectivity index (χ4n) is 3.10. The van der Waals surface area contributed by atoms with Crippen molar-refractivity contribution in [3.63, 3.8) is 0 Å². The number of unbranched alkanes of at least 4 members (excludes halogenated alkanes) is 4. The Bertz CT molecular complexity index is 846. The van der Waals surface area contributed by atoms with Crippen LogP contribution in [0.2, 0.25) is 0 Å². The summed E-state index contributed by atoms with van der Waals surface area (Å²) in [6.07, 6.45) is 30.4. The van der Waals surface area contributed by atoms with Crippen LogP contribution >= 0.6 is 0 Å². The van der Waals surface area contributed by atoms with Crippen LogP contribution in [0.4, 0.5) is 0 Å². The van der Waals surface area contributed by atoms with Crippen molar-refractivity contribution in [3.05, 3.63) is 84.5 Å². The molecule has 1 amide bonds. The molecule has 0 aromatic heterocycles. The molecule has 1 aromatic rings. The van der Waals surface area contributed by atoms with Gasteiger partial charge >= 0.3 is 0 Å². The normalized spacial score (nSPS) is 12.1. The maximum atomic E-state index is 11.9. The summed E-state index contributed by atoms with van der Waals surface area (Å²) in [4.78, 5) is 23.7. The van der Waals surface area contributed by atoms with E-state index in [2.05, 4.69) is 60.8 Å². The monoisotopic (exact) mass is 463 g/mol. The summed E-state index contributed by atoms with van der Waals surface area (Å²) >= 11 is 0. The number of aromatic hydroxyl groups is 1. The van der Waals surface area contributed by atoms with Gasteiger partial charge in [-0.3, -0.25) is 9.59 Å². The minimum absolute atomic E-state index is 0.0141. The lowest BCUT2D eigenvalue weighted by atomic mass is 10.1. The molecule has 184 valence electrons. The number of benzene rings is 1. The largest absolute Gasteiger partial charge is 0.507 e. The highest BCUT2D eigenvalue weighted by Crippen LogP contribution is 2.16. The maximum Gasteiger partial charge on any atom is 0.244 e. The van der Waals surface area contributed by atoms with Crippen LogP contribution in [-0.2, 0) is 9.59 Å². The first-order valence-electron chi connectivity index (χ1n) is 12.5. The molecule has 0 bridgehead atoms. The number of nitrogens with one attached hydrogen (secondary N) is 1. The fourth-order valence-corrected chi connectivity index (χ4v) is 3.10. The minimum Gasteiger partial charge on any atom is -0.507 e. The van der Waals surface area contributed by atoms with Crippen molar-refractivity contribution in [1.82, 2.24) is 5.32 Å². The Kier molecular flexibility index (Phi) is 17.4. The summed E-state index contributed by atoms with van der Waals surface area (Å²) < 4.78 is 0. The van der Waals surface area contributed by atoms with Crippen molar-refractivity contribution in [1.29, 1.82) is 0 Å². The summed E-state index contributed by atoms with van der Waals surface area (Å²) in [7, 11) is 0. The average Bonchev–Trinajstić information content (AvgIpc) is 2.84. The van der Waals surface area contributed by atoms with E-state index < -0.39 is 0 Å². The zero-order valence-corrected chi connectivity index (χ0v) is 20.6. The van der Waals surface area contributed by atoms with Crippen LogP contribution in [0, 0.1) is 0 Å². The van der Waals surface area contributed by atoms with E-state index >= 15 is 0 Å². The van der Waals surface area contributed by atoms with Gasteiger partial charge in [0, 0.05) is 18.1 Å². The molecule has 0 heterocycles. The molecule has 0 unspecified atom stereocenters. The number of phenolic OH excluding ortho intramolecular Hbond substituents is 1. The van der Waals surface area contributed by atoms with Gasteiger partial charge in [0.2, 0.25) is 5.91 Å². The van der Waals surface area contributed by atoms with Gasteiger partial charge in [-0.05, 0) is 57.1 Å². The van der Waals surface area contributed by atoms with E-state index in [0.717, 1.165) is 32.1 Å². The number of rotatable bonds is 18. The topological polar surface area (TPSA) is 66.4 Å². The molecule has 0 radical (unpaired) electrons. The van der Waals surface area contributed by atoms with E-state index in [9.17, 15) is 14.7 Å². The van der Waals surface area contributed by atoms with E-state index in [4.69, 9.17) is 0 Å². The van der Waals surface area contributed by atoms with Crippen molar-refractivity contribution in [2.24, 2.45) is 0 Å². The third-order valence-electron chi connectivity index (χ3n) is 5.09. The van der Waals surface area contributed by atoms with Crippen molar-refractivity contribution < 1.29 is 14.7 Å². The van der Waals surface area contributed by atoms with Crippen LogP contribution < -0.4 is 5.32 Å². The van der Waals surface area contributed by atoms with Gasteiger partial charge < -0.3 is 10.4 Å². The predicted molar refractivity (Wildman–Crippen MR) is 144 cm³/mol. The number of ketones is 1. The average molecular weight is 464 g/mol. The molecule has 0 aliphatic carbocycles. The van der Waals surface area contributed by atoms with Crippen LogP contribution in [0.3, 0.4) is 0 Å². The van der Waals surface area contributed by atoms with E-state index in [-0.39, 0.29) is 24.0 Å². The van der Waals surface area contributed by atoms with Gasteiger partial charge in [0.15, 0.2) is 5.78 Å². The number of carbonyl (C=O) groups is 2. The third-order valence-corrected chi connectivity index (χ3v) is 5.09. The zero-order valence-electron chi connectivity index (χ0n) is 20.6. The minimum atomic E-state index is -0.350. The Balaban J connectivity index is 2.02. The van der Waals surface area contributed by atoms with Gasteiger partial charge in [-0.15, -0.1) is 0 Å². The maximum absolute atomic E-state index is 11.9.